The number of primary amides is 1. The van der Waals surface area contributed by atoms with Gasteiger partial charge < -0.3 is 5.73 Å². The average Bonchev–Trinajstić information content (AvgIpc) is 2.92. The third-order valence-corrected chi connectivity index (χ3v) is 3.96. The molecule has 0 fully saturated rings. The molecule has 110 valence electrons. The largest absolute Gasteiger partial charge is 0.350 e. The minimum atomic E-state index is -0.867. The summed E-state index contributed by atoms with van der Waals surface area (Å²) in [5, 5.41) is 9.87. The van der Waals surface area contributed by atoms with Crippen LogP contribution in [0.1, 0.15) is 22.4 Å². The van der Waals surface area contributed by atoms with Crippen molar-refractivity contribution in [2.45, 2.75) is 19.4 Å². The number of rotatable bonds is 5. The highest BCUT2D eigenvalue weighted by Gasteiger charge is 2.11. The molecule has 0 saturated carbocycles. The summed E-state index contributed by atoms with van der Waals surface area (Å²) < 4.78 is 0. The standard InChI is InChI=1S/C15H17N3O2S/c1-11(18(20)15(16)19)5-6-13-7-8-14(21-13)10-12-4-2-3-9-17-12/h2-9,11,20H,10H2,1H3,(H2,16,19)/b6-5-. The van der Waals surface area contributed by atoms with Crippen molar-refractivity contribution in [3.8, 4) is 0 Å². The number of amides is 2. The van der Waals surface area contributed by atoms with Crippen molar-refractivity contribution in [2.24, 2.45) is 5.73 Å². The molecule has 1 atom stereocenters. The van der Waals surface area contributed by atoms with Crippen LogP contribution < -0.4 is 5.73 Å². The Morgan fingerprint density at radius 3 is 2.95 bits per heavy atom. The fourth-order valence-corrected chi connectivity index (χ4v) is 2.72. The molecule has 0 saturated heterocycles. The normalized spacial score (nSPS) is 12.5. The molecule has 2 amide bonds. The molecule has 6 heteroatoms. The molecule has 0 aliphatic carbocycles. The summed E-state index contributed by atoms with van der Waals surface area (Å²) >= 11 is 1.65. The Hall–Kier alpha value is -2.18. The summed E-state index contributed by atoms with van der Waals surface area (Å²) in [4.78, 5) is 17.4. The number of nitrogens with two attached hydrogens (primary N) is 1. The Labute approximate surface area is 127 Å². The SMILES string of the molecule is CC(/C=C\c1ccc(Cc2ccccn2)s1)N(O)C(N)=O. The van der Waals surface area contributed by atoms with Crippen LogP contribution in [0.2, 0.25) is 0 Å². The number of carbonyl (C=O) groups excluding carboxylic acids is 1. The van der Waals surface area contributed by atoms with Gasteiger partial charge in [0.2, 0.25) is 0 Å². The van der Waals surface area contributed by atoms with E-state index >= 15 is 0 Å². The lowest BCUT2D eigenvalue weighted by atomic mass is 10.2. The third-order valence-electron chi connectivity index (χ3n) is 2.91. The van der Waals surface area contributed by atoms with E-state index in [0.29, 0.717) is 5.06 Å². The van der Waals surface area contributed by atoms with E-state index in [1.807, 2.05) is 30.3 Å². The first-order valence-electron chi connectivity index (χ1n) is 6.50. The molecule has 2 aromatic rings. The van der Waals surface area contributed by atoms with Crippen LogP contribution in [0.4, 0.5) is 4.79 Å². The van der Waals surface area contributed by atoms with Gasteiger partial charge >= 0.3 is 6.03 Å². The number of pyridine rings is 1. The van der Waals surface area contributed by atoms with Crippen molar-refractivity contribution < 1.29 is 10.0 Å². The van der Waals surface area contributed by atoms with E-state index in [2.05, 4.69) is 11.1 Å². The molecular formula is C15H17N3O2S. The van der Waals surface area contributed by atoms with E-state index in [1.165, 1.54) is 4.88 Å². The summed E-state index contributed by atoms with van der Waals surface area (Å²) in [5.41, 5.74) is 6.02. The molecule has 2 rings (SSSR count). The Morgan fingerprint density at radius 2 is 2.29 bits per heavy atom. The summed E-state index contributed by atoms with van der Waals surface area (Å²) in [6.07, 6.45) is 6.16. The molecule has 2 heterocycles. The van der Waals surface area contributed by atoms with Gasteiger partial charge in [-0.05, 0) is 37.3 Å². The highest BCUT2D eigenvalue weighted by Crippen LogP contribution is 2.20. The van der Waals surface area contributed by atoms with Crippen LogP contribution in [-0.2, 0) is 6.42 Å². The monoisotopic (exact) mass is 303 g/mol. The Morgan fingerprint density at radius 1 is 1.48 bits per heavy atom. The minimum Gasteiger partial charge on any atom is -0.350 e. The van der Waals surface area contributed by atoms with Gasteiger partial charge in [0.1, 0.15) is 0 Å². The lowest BCUT2D eigenvalue weighted by Crippen LogP contribution is -2.38. The molecule has 2 aromatic heterocycles. The third kappa shape index (κ3) is 4.40. The number of thiophene rings is 1. The van der Waals surface area contributed by atoms with Crippen LogP contribution in [0.25, 0.3) is 6.08 Å². The summed E-state index contributed by atoms with van der Waals surface area (Å²) in [6.45, 7) is 1.68. The van der Waals surface area contributed by atoms with E-state index in [4.69, 9.17) is 5.73 Å². The number of nitrogens with zero attached hydrogens (tertiary/aromatic N) is 2. The van der Waals surface area contributed by atoms with E-state index in [0.717, 1.165) is 17.0 Å². The van der Waals surface area contributed by atoms with E-state index in [-0.39, 0.29) is 0 Å². The number of carbonyl (C=O) groups is 1. The molecule has 21 heavy (non-hydrogen) atoms. The van der Waals surface area contributed by atoms with E-state index in [1.54, 1.807) is 30.5 Å². The highest BCUT2D eigenvalue weighted by atomic mass is 32.1. The topological polar surface area (TPSA) is 79.4 Å². The molecule has 3 N–H and O–H groups in total. The molecule has 1 unspecified atom stereocenters. The lowest BCUT2D eigenvalue weighted by Gasteiger charge is -2.16. The van der Waals surface area contributed by atoms with Gasteiger partial charge in [-0.2, -0.15) is 5.06 Å². The number of hydrogen-bond acceptors (Lipinski definition) is 4. The van der Waals surface area contributed by atoms with Crippen molar-refractivity contribution in [2.75, 3.05) is 0 Å². The zero-order valence-corrected chi connectivity index (χ0v) is 12.5. The van der Waals surface area contributed by atoms with Gasteiger partial charge in [0.15, 0.2) is 0 Å². The molecule has 0 bridgehead atoms. The number of aromatic nitrogens is 1. The van der Waals surface area contributed by atoms with Crippen LogP contribution in [0.5, 0.6) is 0 Å². The number of urea groups is 1. The zero-order chi connectivity index (χ0) is 15.2. The molecule has 0 spiro atoms. The molecular weight excluding hydrogens is 286 g/mol. The summed E-state index contributed by atoms with van der Waals surface area (Å²) in [7, 11) is 0. The number of hydrogen-bond donors (Lipinski definition) is 2. The maximum atomic E-state index is 10.8. The van der Waals surface area contributed by atoms with Gasteiger partial charge in [-0.15, -0.1) is 11.3 Å². The second-order valence-electron chi connectivity index (χ2n) is 4.58. The fraction of sp³-hybridized carbons (Fsp3) is 0.200. The minimum absolute atomic E-state index is 0.469. The van der Waals surface area contributed by atoms with Crippen LogP contribution in [0.15, 0.2) is 42.6 Å². The van der Waals surface area contributed by atoms with Crippen LogP contribution >= 0.6 is 11.3 Å². The predicted octanol–water partition coefficient (Wildman–Crippen LogP) is 2.91. The first-order chi connectivity index (χ1) is 10.1. The van der Waals surface area contributed by atoms with Crippen LogP contribution in [-0.4, -0.2) is 27.3 Å². The zero-order valence-electron chi connectivity index (χ0n) is 11.6. The maximum Gasteiger partial charge on any atom is 0.339 e. The molecule has 0 aliphatic heterocycles. The van der Waals surface area contributed by atoms with Crippen molar-refractivity contribution in [1.82, 2.24) is 10.0 Å². The summed E-state index contributed by atoms with van der Waals surface area (Å²) in [5.74, 6) is 0. The molecule has 0 aromatic carbocycles. The Kier molecular flexibility index (Phi) is 5.08. The molecule has 0 radical (unpaired) electrons. The highest BCUT2D eigenvalue weighted by molar-refractivity contribution is 7.12. The van der Waals surface area contributed by atoms with Gasteiger partial charge in [-0.1, -0.05) is 12.1 Å². The second-order valence-corrected chi connectivity index (χ2v) is 5.78. The average molecular weight is 303 g/mol. The summed E-state index contributed by atoms with van der Waals surface area (Å²) in [6, 6.07) is 8.57. The quantitative estimate of drug-likeness (QED) is 0.658. The van der Waals surface area contributed by atoms with Gasteiger partial charge in [0.25, 0.3) is 0 Å². The van der Waals surface area contributed by atoms with E-state index in [9.17, 15) is 10.0 Å². The fourth-order valence-electron chi connectivity index (χ4n) is 1.78. The van der Waals surface area contributed by atoms with Crippen LogP contribution in [0, 0.1) is 0 Å². The van der Waals surface area contributed by atoms with Gasteiger partial charge in [0.05, 0.1) is 6.04 Å². The predicted molar refractivity (Wildman–Crippen MR) is 83.1 cm³/mol. The van der Waals surface area contributed by atoms with Crippen molar-refractivity contribution >= 4 is 23.4 Å². The van der Waals surface area contributed by atoms with Gasteiger partial charge in [0, 0.05) is 28.1 Å². The second kappa shape index (κ2) is 7.01. The van der Waals surface area contributed by atoms with Crippen LogP contribution in [0.3, 0.4) is 0 Å². The first kappa shape index (κ1) is 15.2. The molecule has 5 nitrogen and oxygen atoms in total. The van der Waals surface area contributed by atoms with Gasteiger partial charge in [-0.3, -0.25) is 10.2 Å². The van der Waals surface area contributed by atoms with Gasteiger partial charge in [-0.25, -0.2) is 4.79 Å². The number of hydroxylamine groups is 2. The van der Waals surface area contributed by atoms with Crippen molar-refractivity contribution in [3.63, 3.8) is 0 Å². The first-order valence-corrected chi connectivity index (χ1v) is 7.32. The molecule has 0 aliphatic rings. The maximum absolute atomic E-state index is 10.8. The smallest absolute Gasteiger partial charge is 0.339 e. The van der Waals surface area contributed by atoms with Crippen molar-refractivity contribution in [3.05, 3.63) is 58.1 Å². The Balaban J connectivity index is 1.98. The Bertz CT molecular complexity index is 625. The van der Waals surface area contributed by atoms with E-state index < -0.39 is 12.1 Å². The van der Waals surface area contributed by atoms with Crippen molar-refractivity contribution in [1.29, 1.82) is 0 Å². The lowest BCUT2D eigenvalue weighted by molar-refractivity contribution is -0.0560.